The number of carbonyl (C=O) groups excluding carboxylic acids is 2. The first-order valence-electron chi connectivity index (χ1n) is 9.46. The number of hydrogen-bond acceptors (Lipinski definition) is 6. The summed E-state index contributed by atoms with van der Waals surface area (Å²) < 4.78 is 5.11. The summed E-state index contributed by atoms with van der Waals surface area (Å²) in [5, 5.41) is 3.62. The third-order valence-electron chi connectivity index (χ3n) is 5.99. The number of amides is 2. The van der Waals surface area contributed by atoms with Gasteiger partial charge < -0.3 is 19.9 Å². The van der Waals surface area contributed by atoms with Crippen molar-refractivity contribution in [3.8, 4) is 5.88 Å². The van der Waals surface area contributed by atoms with E-state index in [1.807, 2.05) is 4.90 Å². The molecule has 1 aromatic heterocycles. The molecule has 3 fully saturated rings. The van der Waals surface area contributed by atoms with Crippen molar-refractivity contribution in [3.63, 3.8) is 0 Å². The smallest absolute Gasteiger partial charge is 0.245 e. The van der Waals surface area contributed by atoms with Crippen LogP contribution in [0.25, 0.3) is 0 Å². The van der Waals surface area contributed by atoms with Gasteiger partial charge in [-0.1, -0.05) is 18.2 Å². The molecule has 8 nitrogen and oxygen atoms in total. The van der Waals surface area contributed by atoms with Gasteiger partial charge in [0.25, 0.3) is 0 Å². The Bertz CT molecular complexity index is 803. The number of nitrogens with zero attached hydrogens (tertiary/aromatic N) is 4. The molecular formula is C19H24ClN5O3. The van der Waals surface area contributed by atoms with Crippen LogP contribution in [0.1, 0.15) is 19.3 Å². The lowest BCUT2D eigenvalue weighted by Gasteiger charge is -2.58. The van der Waals surface area contributed by atoms with E-state index in [0.717, 1.165) is 38.9 Å². The van der Waals surface area contributed by atoms with E-state index in [0.29, 0.717) is 23.4 Å². The number of likely N-dealkylation sites (tertiary alicyclic amines) is 2. The van der Waals surface area contributed by atoms with Crippen LogP contribution in [0.4, 0.5) is 5.95 Å². The minimum absolute atomic E-state index is 0.0186. The van der Waals surface area contributed by atoms with Crippen molar-refractivity contribution in [2.24, 2.45) is 11.3 Å². The zero-order chi connectivity index (χ0) is 19.9. The second-order valence-electron chi connectivity index (χ2n) is 7.97. The molecule has 2 amide bonds. The molecule has 1 spiro atoms. The van der Waals surface area contributed by atoms with Crippen LogP contribution in [0.15, 0.2) is 18.9 Å². The summed E-state index contributed by atoms with van der Waals surface area (Å²) >= 11 is 5.95. The SMILES string of the molecule is C=CC(=O)N1CC2(CC(C(=O)N3CC[C@@H](Nc4ncc(Cl)c(OC)n4)C3)C2)C1. The van der Waals surface area contributed by atoms with Crippen molar-refractivity contribution in [3.05, 3.63) is 23.9 Å². The van der Waals surface area contributed by atoms with Gasteiger partial charge in [0.1, 0.15) is 5.02 Å². The number of anilines is 1. The Morgan fingerprint density at radius 2 is 2.14 bits per heavy atom. The molecule has 1 aromatic rings. The standard InChI is InChI=1S/C19H24ClN5O3/c1-3-15(26)25-10-19(11-25)6-12(7-19)17(27)24-5-4-13(9-24)22-18-21-8-14(20)16(23-18)28-2/h3,8,12-13H,1,4-7,9-11H2,2H3,(H,21,22,23)/t13-/m1/s1. The normalized spacial score (nSPS) is 23.1. The van der Waals surface area contributed by atoms with Crippen molar-refractivity contribution < 1.29 is 14.3 Å². The van der Waals surface area contributed by atoms with Crippen LogP contribution in [-0.4, -0.2) is 70.9 Å². The van der Waals surface area contributed by atoms with Crippen molar-refractivity contribution in [1.29, 1.82) is 0 Å². The second kappa shape index (κ2) is 7.24. The molecule has 0 radical (unpaired) electrons. The molecule has 3 aliphatic rings. The summed E-state index contributed by atoms with van der Waals surface area (Å²) in [6, 6.07) is 0.105. The van der Waals surface area contributed by atoms with Gasteiger partial charge in [0.15, 0.2) is 0 Å². The Balaban J connectivity index is 1.26. The number of aromatic nitrogens is 2. The summed E-state index contributed by atoms with van der Waals surface area (Å²) in [6.07, 6.45) is 5.45. The van der Waals surface area contributed by atoms with Crippen LogP contribution >= 0.6 is 11.6 Å². The molecular weight excluding hydrogens is 382 g/mol. The van der Waals surface area contributed by atoms with Crippen LogP contribution in [0.5, 0.6) is 5.88 Å². The van der Waals surface area contributed by atoms with Gasteiger partial charge in [0, 0.05) is 43.6 Å². The van der Waals surface area contributed by atoms with E-state index < -0.39 is 0 Å². The Kier molecular flexibility index (Phi) is 4.91. The summed E-state index contributed by atoms with van der Waals surface area (Å²) in [6.45, 7) is 6.39. The number of halogens is 1. The number of ether oxygens (including phenoxy) is 1. The third-order valence-corrected chi connectivity index (χ3v) is 6.24. The maximum Gasteiger partial charge on any atom is 0.245 e. The molecule has 150 valence electrons. The fraction of sp³-hybridized carbons (Fsp3) is 0.579. The molecule has 9 heteroatoms. The van der Waals surface area contributed by atoms with E-state index >= 15 is 0 Å². The van der Waals surface area contributed by atoms with Gasteiger partial charge in [0.2, 0.25) is 23.6 Å². The molecule has 2 saturated heterocycles. The summed E-state index contributed by atoms with van der Waals surface area (Å²) in [7, 11) is 1.51. The number of methoxy groups -OCH3 is 1. The summed E-state index contributed by atoms with van der Waals surface area (Å²) in [4.78, 5) is 36.5. The highest BCUT2D eigenvalue weighted by Crippen LogP contribution is 2.52. The number of hydrogen-bond donors (Lipinski definition) is 1. The van der Waals surface area contributed by atoms with Crippen LogP contribution in [0.3, 0.4) is 0 Å². The highest BCUT2D eigenvalue weighted by molar-refractivity contribution is 6.31. The maximum absolute atomic E-state index is 12.8. The average molecular weight is 406 g/mol. The minimum Gasteiger partial charge on any atom is -0.480 e. The van der Waals surface area contributed by atoms with E-state index in [4.69, 9.17) is 16.3 Å². The largest absolute Gasteiger partial charge is 0.480 e. The summed E-state index contributed by atoms with van der Waals surface area (Å²) in [5.41, 5.74) is 0.157. The van der Waals surface area contributed by atoms with E-state index in [1.165, 1.54) is 19.4 Å². The fourth-order valence-electron chi connectivity index (χ4n) is 4.55. The molecule has 4 rings (SSSR count). The second-order valence-corrected chi connectivity index (χ2v) is 8.38. The molecule has 0 bridgehead atoms. The topological polar surface area (TPSA) is 87.7 Å². The van der Waals surface area contributed by atoms with Crippen LogP contribution in [-0.2, 0) is 9.59 Å². The Morgan fingerprint density at radius 1 is 1.39 bits per heavy atom. The lowest BCUT2D eigenvalue weighted by molar-refractivity contribution is -0.160. The van der Waals surface area contributed by atoms with Gasteiger partial charge in [-0.05, 0) is 25.3 Å². The lowest BCUT2D eigenvalue weighted by atomic mass is 9.57. The van der Waals surface area contributed by atoms with Crippen molar-refractivity contribution in [2.75, 3.05) is 38.6 Å². The molecule has 1 aliphatic carbocycles. The lowest BCUT2D eigenvalue weighted by Crippen LogP contribution is -2.65. The maximum atomic E-state index is 12.8. The molecule has 2 aliphatic heterocycles. The molecule has 0 aromatic carbocycles. The third kappa shape index (κ3) is 3.41. The zero-order valence-corrected chi connectivity index (χ0v) is 16.6. The molecule has 0 unspecified atom stereocenters. The molecule has 28 heavy (non-hydrogen) atoms. The van der Waals surface area contributed by atoms with Crippen LogP contribution < -0.4 is 10.1 Å². The van der Waals surface area contributed by atoms with Gasteiger partial charge >= 0.3 is 0 Å². The van der Waals surface area contributed by atoms with Crippen LogP contribution in [0.2, 0.25) is 5.02 Å². The highest BCUT2D eigenvalue weighted by Gasteiger charge is 2.56. The Labute approximate surface area is 168 Å². The van der Waals surface area contributed by atoms with E-state index in [2.05, 4.69) is 21.9 Å². The van der Waals surface area contributed by atoms with Crippen molar-refractivity contribution in [2.45, 2.75) is 25.3 Å². The van der Waals surface area contributed by atoms with E-state index in [1.54, 1.807) is 4.90 Å². The van der Waals surface area contributed by atoms with Crippen LogP contribution in [0, 0.1) is 11.3 Å². The van der Waals surface area contributed by atoms with Crippen molar-refractivity contribution in [1.82, 2.24) is 19.8 Å². The molecule has 3 heterocycles. The Hall–Kier alpha value is -2.35. The van der Waals surface area contributed by atoms with Gasteiger partial charge in [-0.2, -0.15) is 4.98 Å². The van der Waals surface area contributed by atoms with Gasteiger partial charge in [-0.3, -0.25) is 9.59 Å². The first-order valence-corrected chi connectivity index (χ1v) is 9.84. The zero-order valence-electron chi connectivity index (χ0n) is 15.9. The first kappa shape index (κ1) is 19.0. The molecule has 1 N–H and O–H groups in total. The molecule has 1 atom stereocenters. The van der Waals surface area contributed by atoms with Crippen molar-refractivity contribution >= 4 is 29.4 Å². The Morgan fingerprint density at radius 3 is 2.82 bits per heavy atom. The van der Waals surface area contributed by atoms with Gasteiger partial charge in [-0.25, -0.2) is 4.98 Å². The number of rotatable bonds is 5. The predicted molar refractivity (Wildman–Crippen MR) is 104 cm³/mol. The van der Waals surface area contributed by atoms with E-state index in [-0.39, 0.29) is 29.2 Å². The van der Waals surface area contributed by atoms with Gasteiger partial charge in [-0.15, -0.1) is 0 Å². The number of nitrogens with one attached hydrogen (secondary N) is 1. The predicted octanol–water partition coefficient (Wildman–Crippen LogP) is 1.58. The fourth-order valence-corrected chi connectivity index (χ4v) is 4.72. The minimum atomic E-state index is -0.0186. The summed E-state index contributed by atoms with van der Waals surface area (Å²) in [5.74, 6) is 1.05. The number of carbonyl (C=O) groups is 2. The molecule has 1 saturated carbocycles. The monoisotopic (exact) mass is 405 g/mol. The average Bonchev–Trinajstić information content (AvgIpc) is 3.09. The van der Waals surface area contributed by atoms with E-state index in [9.17, 15) is 9.59 Å². The highest BCUT2D eigenvalue weighted by atomic mass is 35.5. The quantitative estimate of drug-likeness (QED) is 0.748. The van der Waals surface area contributed by atoms with Gasteiger partial charge in [0.05, 0.1) is 13.3 Å². The first-order chi connectivity index (χ1) is 13.4.